The molecule has 2 heterocycles. The standard InChI is InChI=1S/C11H11N5/c1-7-10(12-2)11(15-8-3-4-8)16-9(14-7)5-6-13-16/h5-6,8,15H,3-4H2,1H3. The summed E-state index contributed by atoms with van der Waals surface area (Å²) in [5.41, 5.74) is 2.11. The van der Waals surface area contributed by atoms with Crippen molar-refractivity contribution in [2.75, 3.05) is 5.32 Å². The molecule has 0 radical (unpaired) electrons. The summed E-state index contributed by atoms with van der Waals surface area (Å²) < 4.78 is 1.71. The number of aryl methyl sites for hydroxylation is 1. The van der Waals surface area contributed by atoms with Crippen molar-refractivity contribution >= 4 is 17.2 Å². The summed E-state index contributed by atoms with van der Waals surface area (Å²) in [6.45, 7) is 9.08. The molecule has 0 spiro atoms. The second kappa shape index (κ2) is 3.20. The van der Waals surface area contributed by atoms with E-state index in [4.69, 9.17) is 6.57 Å². The summed E-state index contributed by atoms with van der Waals surface area (Å²) in [7, 11) is 0. The highest BCUT2D eigenvalue weighted by molar-refractivity contribution is 5.71. The molecule has 0 saturated heterocycles. The topological polar surface area (TPSA) is 46.6 Å². The lowest BCUT2D eigenvalue weighted by Gasteiger charge is -2.10. The van der Waals surface area contributed by atoms with Crippen LogP contribution in [0.2, 0.25) is 0 Å². The Morgan fingerprint density at radius 1 is 1.56 bits per heavy atom. The van der Waals surface area contributed by atoms with Gasteiger partial charge in [0.15, 0.2) is 5.65 Å². The van der Waals surface area contributed by atoms with Crippen LogP contribution in [0.1, 0.15) is 18.5 Å². The van der Waals surface area contributed by atoms with Crippen LogP contribution in [0.4, 0.5) is 11.5 Å². The van der Waals surface area contributed by atoms with Gasteiger partial charge in [0.25, 0.3) is 0 Å². The highest BCUT2D eigenvalue weighted by Crippen LogP contribution is 2.33. The van der Waals surface area contributed by atoms with Gasteiger partial charge in [0.1, 0.15) is 5.82 Å². The zero-order valence-electron chi connectivity index (χ0n) is 8.94. The van der Waals surface area contributed by atoms with E-state index in [0.717, 1.165) is 17.2 Å². The molecule has 1 aliphatic rings. The van der Waals surface area contributed by atoms with Crippen LogP contribution < -0.4 is 5.32 Å². The zero-order valence-corrected chi connectivity index (χ0v) is 8.94. The fourth-order valence-corrected chi connectivity index (χ4v) is 1.73. The first-order chi connectivity index (χ1) is 7.79. The Bertz CT molecular complexity index is 588. The molecule has 0 atom stereocenters. The normalized spacial score (nSPS) is 15.0. The predicted octanol–water partition coefficient (Wildman–Crippen LogP) is 2.16. The number of rotatable bonds is 2. The summed E-state index contributed by atoms with van der Waals surface area (Å²) in [4.78, 5) is 7.89. The van der Waals surface area contributed by atoms with Crippen LogP contribution in [0, 0.1) is 13.5 Å². The lowest BCUT2D eigenvalue weighted by atomic mass is 10.3. The van der Waals surface area contributed by atoms with Gasteiger partial charge in [0.05, 0.1) is 18.5 Å². The summed E-state index contributed by atoms with van der Waals surface area (Å²) in [6.07, 6.45) is 4.04. The second-order valence-electron chi connectivity index (χ2n) is 4.03. The van der Waals surface area contributed by atoms with Crippen LogP contribution in [-0.2, 0) is 0 Å². The monoisotopic (exact) mass is 213 g/mol. The Balaban J connectivity index is 2.25. The molecule has 0 unspecified atom stereocenters. The first-order valence-electron chi connectivity index (χ1n) is 5.28. The third kappa shape index (κ3) is 1.31. The second-order valence-corrected chi connectivity index (χ2v) is 4.03. The van der Waals surface area contributed by atoms with Crippen molar-refractivity contribution in [3.63, 3.8) is 0 Å². The van der Waals surface area contributed by atoms with E-state index < -0.39 is 0 Å². The fourth-order valence-electron chi connectivity index (χ4n) is 1.73. The van der Waals surface area contributed by atoms with Crippen LogP contribution in [0.25, 0.3) is 10.5 Å². The maximum Gasteiger partial charge on any atom is 0.248 e. The number of nitrogens with zero attached hydrogens (tertiary/aromatic N) is 4. The van der Waals surface area contributed by atoms with Gasteiger partial charge in [-0.15, -0.1) is 0 Å². The smallest absolute Gasteiger partial charge is 0.248 e. The third-order valence-electron chi connectivity index (χ3n) is 2.71. The van der Waals surface area contributed by atoms with E-state index in [1.807, 2.05) is 13.0 Å². The van der Waals surface area contributed by atoms with Crippen LogP contribution in [0.5, 0.6) is 0 Å². The molecule has 0 aromatic carbocycles. The minimum Gasteiger partial charge on any atom is -0.376 e. The maximum absolute atomic E-state index is 7.22. The van der Waals surface area contributed by atoms with Crippen molar-refractivity contribution in [3.05, 3.63) is 29.4 Å². The summed E-state index contributed by atoms with van der Waals surface area (Å²) in [6, 6.07) is 2.34. The Kier molecular flexibility index (Phi) is 1.83. The predicted molar refractivity (Wildman–Crippen MR) is 60.6 cm³/mol. The molecule has 80 valence electrons. The van der Waals surface area contributed by atoms with Crippen LogP contribution in [-0.4, -0.2) is 20.6 Å². The quantitative estimate of drug-likeness (QED) is 0.777. The molecule has 1 fully saturated rings. The molecule has 2 aromatic rings. The van der Waals surface area contributed by atoms with E-state index in [9.17, 15) is 0 Å². The molecular weight excluding hydrogens is 202 g/mol. The van der Waals surface area contributed by atoms with Gasteiger partial charge < -0.3 is 5.32 Å². The minimum atomic E-state index is 0.495. The molecular formula is C11H11N5. The van der Waals surface area contributed by atoms with Crippen LogP contribution in [0.15, 0.2) is 12.3 Å². The van der Waals surface area contributed by atoms with E-state index in [2.05, 4.69) is 20.2 Å². The third-order valence-corrected chi connectivity index (χ3v) is 2.71. The molecule has 5 heteroatoms. The van der Waals surface area contributed by atoms with Gasteiger partial charge in [-0.2, -0.15) is 5.10 Å². The van der Waals surface area contributed by atoms with Crippen molar-refractivity contribution in [1.82, 2.24) is 14.6 Å². The summed E-state index contributed by atoms with van der Waals surface area (Å²) in [5.74, 6) is 0.782. The number of nitrogens with one attached hydrogen (secondary N) is 1. The molecule has 0 amide bonds. The van der Waals surface area contributed by atoms with Crippen LogP contribution in [0.3, 0.4) is 0 Å². The first kappa shape index (κ1) is 9.16. The largest absolute Gasteiger partial charge is 0.376 e. The number of hydrogen-bond donors (Lipinski definition) is 1. The van der Waals surface area contributed by atoms with Gasteiger partial charge >= 0.3 is 0 Å². The first-order valence-corrected chi connectivity index (χ1v) is 5.28. The number of anilines is 1. The van der Waals surface area contributed by atoms with E-state index in [-0.39, 0.29) is 0 Å². The van der Waals surface area contributed by atoms with Gasteiger partial charge in [0, 0.05) is 12.1 Å². The number of fused-ring (bicyclic) bond motifs is 1. The molecule has 1 N–H and O–H groups in total. The van der Waals surface area contributed by atoms with E-state index in [1.165, 1.54) is 12.8 Å². The molecule has 3 rings (SSSR count). The molecule has 16 heavy (non-hydrogen) atoms. The Hall–Kier alpha value is -2.09. The minimum absolute atomic E-state index is 0.495. The molecule has 0 bridgehead atoms. The average Bonchev–Trinajstić information content (AvgIpc) is 2.95. The highest BCUT2D eigenvalue weighted by Gasteiger charge is 2.24. The molecule has 5 nitrogen and oxygen atoms in total. The van der Waals surface area contributed by atoms with Gasteiger partial charge in [-0.1, -0.05) is 0 Å². The van der Waals surface area contributed by atoms with Crippen molar-refractivity contribution in [1.29, 1.82) is 0 Å². The Labute approximate surface area is 92.9 Å². The zero-order chi connectivity index (χ0) is 11.1. The summed E-state index contributed by atoms with van der Waals surface area (Å²) in [5, 5.41) is 7.55. The fraction of sp³-hybridized carbons (Fsp3) is 0.364. The molecule has 2 aromatic heterocycles. The Morgan fingerprint density at radius 3 is 3.06 bits per heavy atom. The number of hydrogen-bond acceptors (Lipinski definition) is 3. The summed E-state index contributed by atoms with van der Waals surface area (Å²) >= 11 is 0. The van der Waals surface area contributed by atoms with E-state index in [0.29, 0.717) is 11.7 Å². The molecule has 1 saturated carbocycles. The number of aromatic nitrogens is 3. The van der Waals surface area contributed by atoms with Gasteiger partial charge in [-0.3, -0.25) is 0 Å². The Morgan fingerprint density at radius 2 is 2.38 bits per heavy atom. The van der Waals surface area contributed by atoms with Gasteiger partial charge in [-0.05, 0) is 19.8 Å². The van der Waals surface area contributed by atoms with Crippen LogP contribution >= 0.6 is 0 Å². The lowest BCUT2D eigenvalue weighted by Crippen LogP contribution is -2.08. The maximum atomic E-state index is 7.22. The average molecular weight is 213 g/mol. The van der Waals surface area contributed by atoms with Gasteiger partial charge in [-0.25, -0.2) is 14.3 Å². The van der Waals surface area contributed by atoms with Gasteiger partial charge in [0.2, 0.25) is 5.69 Å². The van der Waals surface area contributed by atoms with Crippen molar-refractivity contribution in [2.45, 2.75) is 25.8 Å². The van der Waals surface area contributed by atoms with Crippen molar-refractivity contribution in [2.24, 2.45) is 0 Å². The van der Waals surface area contributed by atoms with E-state index >= 15 is 0 Å². The molecule has 1 aliphatic carbocycles. The van der Waals surface area contributed by atoms with Crippen molar-refractivity contribution < 1.29 is 0 Å². The lowest BCUT2D eigenvalue weighted by molar-refractivity contribution is 0.921. The molecule has 0 aliphatic heterocycles. The van der Waals surface area contributed by atoms with Crippen molar-refractivity contribution in [3.8, 4) is 0 Å². The SMILES string of the molecule is [C-]#[N+]c1c(C)nc2ccnn2c1NC1CC1. The highest BCUT2D eigenvalue weighted by atomic mass is 15.3. The van der Waals surface area contributed by atoms with E-state index in [1.54, 1.807) is 10.7 Å².